The van der Waals surface area contributed by atoms with Crippen LogP contribution in [0.3, 0.4) is 0 Å². The number of hydrogen-bond donors (Lipinski definition) is 0. The second-order valence-corrected chi connectivity index (χ2v) is 8.54. The largest absolute Gasteiger partial charge is 0.462 e. The Balaban J connectivity index is 1.44. The van der Waals surface area contributed by atoms with Gasteiger partial charge in [-0.05, 0) is 53.4 Å². The molecule has 1 aliphatic heterocycles. The SMILES string of the molecule is CCOC(=O)c1ccc(N2C(=O)C3C4c5ccccc5C(c5ccccc54)C3C2=O)cc1. The number of carbonyl (C=O) groups excluding carboxylic acids is 3. The molecule has 2 bridgehead atoms. The maximum absolute atomic E-state index is 13.7. The second-order valence-electron chi connectivity index (χ2n) is 8.54. The molecule has 0 aromatic heterocycles. The minimum Gasteiger partial charge on any atom is -0.462 e. The molecule has 32 heavy (non-hydrogen) atoms. The summed E-state index contributed by atoms with van der Waals surface area (Å²) in [4.78, 5) is 40.7. The van der Waals surface area contributed by atoms with Crippen molar-refractivity contribution in [2.45, 2.75) is 18.8 Å². The molecule has 7 rings (SSSR count). The number of amides is 2. The summed E-state index contributed by atoms with van der Waals surface area (Å²) in [5.41, 5.74) is 5.49. The van der Waals surface area contributed by atoms with Crippen LogP contribution in [0.2, 0.25) is 0 Å². The first-order chi connectivity index (χ1) is 15.6. The monoisotopic (exact) mass is 423 g/mol. The zero-order valence-electron chi connectivity index (χ0n) is 17.5. The highest BCUT2D eigenvalue weighted by atomic mass is 16.5. The zero-order valence-corrected chi connectivity index (χ0v) is 17.5. The van der Waals surface area contributed by atoms with Gasteiger partial charge >= 0.3 is 5.97 Å². The average molecular weight is 423 g/mol. The molecule has 5 nitrogen and oxygen atoms in total. The number of anilines is 1. The summed E-state index contributed by atoms with van der Waals surface area (Å²) in [6.45, 7) is 2.04. The fourth-order valence-corrected chi connectivity index (χ4v) is 5.89. The first-order valence-corrected chi connectivity index (χ1v) is 10.9. The van der Waals surface area contributed by atoms with E-state index in [2.05, 4.69) is 24.3 Å². The third-order valence-corrected chi connectivity index (χ3v) is 7.09. The van der Waals surface area contributed by atoms with Gasteiger partial charge in [-0.25, -0.2) is 9.69 Å². The third-order valence-electron chi connectivity index (χ3n) is 7.09. The Morgan fingerprint density at radius 1 is 0.750 bits per heavy atom. The van der Waals surface area contributed by atoms with Crippen molar-refractivity contribution in [2.24, 2.45) is 11.8 Å². The second kappa shape index (κ2) is 6.89. The van der Waals surface area contributed by atoms with E-state index in [0.29, 0.717) is 11.3 Å². The third kappa shape index (κ3) is 2.42. The summed E-state index contributed by atoms with van der Waals surface area (Å²) in [6.07, 6.45) is 0. The van der Waals surface area contributed by atoms with Crippen molar-refractivity contribution in [3.8, 4) is 0 Å². The van der Waals surface area contributed by atoms with Crippen LogP contribution in [0.4, 0.5) is 5.69 Å². The van der Waals surface area contributed by atoms with Crippen molar-refractivity contribution in [1.29, 1.82) is 0 Å². The summed E-state index contributed by atoms with van der Waals surface area (Å²) in [6, 6.07) is 22.9. The number of hydrogen-bond acceptors (Lipinski definition) is 4. The average Bonchev–Trinajstić information content (AvgIpc) is 3.10. The van der Waals surface area contributed by atoms with Crippen LogP contribution in [-0.2, 0) is 14.3 Å². The Hall–Kier alpha value is -3.73. The van der Waals surface area contributed by atoms with Crippen LogP contribution in [0.25, 0.3) is 0 Å². The molecule has 3 aromatic rings. The molecule has 1 fully saturated rings. The predicted molar refractivity (Wildman–Crippen MR) is 118 cm³/mol. The van der Waals surface area contributed by atoms with Crippen LogP contribution in [0.5, 0.6) is 0 Å². The molecule has 1 saturated heterocycles. The van der Waals surface area contributed by atoms with Gasteiger partial charge < -0.3 is 4.74 Å². The van der Waals surface area contributed by atoms with Crippen molar-refractivity contribution in [2.75, 3.05) is 11.5 Å². The van der Waals surface area contributed by atoms with E-state index < -0.39 is 17.8 Å². The van der Waals surface area contributed by atoms with E-state index >= 15 is 0 Å². The van der Waals surface area contributed by atoms with E-state index in [1.807, 2.05) is 24.3 Å². The van der Waals surface area contributed by atoms with Crippen LogP contribution >= 0.6 is 0 Å². The first-order valence-electron chi connectivity index (χ1n) is 10.9. The molecule has 3 aliphatic carbocycles. The number of ether oxygens (including phenoxy) is 1. The van der Waals surface area contributed by atoms with E-state index in [0.717, 1.165) is 22.3 Å². The number of rotatable bonds is 3. The number of benzene rings is 3. The zero-order chi connectivity index (χ0) is 22.0. The number of imide groups is 1. The molecule has 4 aliphatic rings. The van der Waals surface area contributed by atoms with Gasteiger partial charge in [-0.2, -0.15) is 0 Å². The van der Waals surface area contributed by atoms with Crippen molar-refractivity contribution in [3.05, 3.63) is 101 Å². The highest BCUT2D eigenvalue weighted by molar-refractivity contribution is 6.23. The van der Waals surface area contributed by atoms with Gasteiger partial charge in [0.1, 0.15) is 0 Å². The summed E-state index contributed by atoms with van der Waals surface area (Å²) in [5, 5.41) is 0. The van der Waals surface area contributed by atoms with Crippen molar-refractivity contribution >= 4 is 23.5 Å². The van der Waals surface area contributed by atoms with Gasteiger partial charge in [-0.3, -0.25) is 9.59 Å². The van der Waals surface area contributed by atoms with E-state index in [9.17, 15) is 14.4 Å². The fraction of sp³-hybridized carbons (Fsp3) is 0.222. The minimum atomic E-state index is -0.421. The summed E-state index contributed by atoms with van der Waals surface area (Å²) < 4.78 is 5.03. The van der Waals surface area contributed by atoms with Crippen molar-refractivity contribution in [1.82, 2.24) is 0 Å². The Kier molecular flexibility index (Phi) is 4.09. The lowest BCUT2D eigenvalue weighted by atomic mass is 9.55. The lowest BCUT2D eigenvalue weighted by Crippen LogP contribution is -2.41. The topological polar surface area (TPSA) is 63.7 Å². The molecular weight excluding hydrogens is 402 g/mol. The van der Waals surface area contributed by atoms with Gasteiger partial charge in [0.05, 0.1) is 29.7 Å². The molecule has 3 aromatic carbocycles. The Morgan fingerprint density at radius 3 is 1.59 bits per heavy atom. The molecule has 0 spiro atoms. The van der Waals surface area contributed by atoms with Crippen LogP contribution in [0.1, 0.15) is 51.4 Å². The Bertz CT molecular complexity index is 1160. The molecule has 2 amide bonds. The smallest absolute Gasteiger partial charge is 0.338 e. The van der Waals surface area contributed by atoms with Crippen LogP contribution < -0.4 is 4.90 Å². The van der Waals surface area contributed by atoms with Gasteiger partial charge in [0, 0.05) is 11.8 Å². The van der Waals surface area contributed by atoms with Gasteiger partial charge in [0.2, 0.25) is 11.8 Å². The van der Waals surface area contributed by atoms with Crippen molar-refractivity contribution < 1.29 is 19.1 Å². The summed E-state index contributed by atoms with van der Waals surface area (Å²) in [7, 11) is 0. The number of carbonyl (C=O) groups is 3. The predicted octanol–water partition coefficient (Wildman–Crippen LogP) is 4.26. The quantitative estimate of drug-likeness (QED) is 0.467. The van der Waals surface area contributed by atoms with Gasteiger partial charge in [0.25, 0.3) is 0 Å². The van der Waals surface area contributed by atoms with Gasteiger partial charge in [-0.1, -0.05) is 48.5 Å². The van der Waals surface area contributed by atoms with Crippen LogP contribution in [-0.4, -0.2) is 24.4 Å². The molecular formula is C27H21NO4. The van der Waals surface area contributed by atoms with E-state index in [-0.39, 0.29) is 30.3 Å². The Morgan fingerprint density at radius 2 is 1.19 bits per heavy atom. The molecule has 0 saturated carbocycles. The fourth-order valence-electron chi connectivity index (χ4n) is 5.89. The van der Waals surface area contributed by atoms with Gasteiger partial charge in [0.15, 0.2) is 0 Å². The van der Waals surface area contributed by atoms with Crippen LogP contribution in [0, 0.1) is 11.8 Å². The minimum absolute atomic E-state index is 0.127. The Labute approximate surface area is 185 Å². The van der Waals surface area contributed by atoms with E-state index in [1.165, 1.54) is 4.90 Å². The molecule has 158 valence electrons. The first kappa shape index (κ1) is 19.0. The molecule has 2 atom stereocenters. The molecule has 2 unspecified atom stereocenters. The van der Waals surface area contributed by atoms with E-state index in [1.54, 1.807) is 31.2 Å². The van der Waals surface area contributed by atoms with E-state index in [4.69, 9.17) is 4.74 Å². The lowest BCUT2D eigenvalue weighted by Gasteiger charge is -2.45. The molecule has 0 N–H and O–H groups in total. The van der Waals surface area contributed by atoms with Gasteiger partial charge in [-0.15, -0.1) is 0 Å². The lowest BCUT2D eigenvalue weighted by molar-refractivity contribution is -0.122. The molecule has 1 heterocycles. The standard InChI is InChI=1S/C27H21NO4/c1-2-32-27(31)15-11-13-16(14-12-15)28-25(29)23-21-17-7-3-4-8-18(17)22(24(23)26(28)30)20-10-6-5-9-19(20)21/h3-14,21-24H,2H2,1H3. The van der Waals surface area contributed by atoms with Crippen LogP contribution in [0.15, 0.2) is 72.8 Å². The number of esters is 1. The molecule has 5 heteroatoms. The highest BCUT2D eigenvalue weighted by Crippen LogP contribution is 2.61. The summed E-state index contributed by atoms with van der Waals surface area (Å²) >= 11 is 0. The highest BCUT2D eigenvalue weighted by Gasteiger charge is 2.61. The number of nitrogens with zero attached hydrogens (tertiary/aromatic N) is 1. The maximum atomic E-state index is 13.7. The molecule has 0 radical (unpaired) electrons. The normalized spacial score (nSPS) is 24.7. The maximum Gasteiger partial charge on any atom is 0.338 e. The summed E-state index contributed by atoms with van der Waals surface area (Å²) in [5.74, 6) is -1.83. The van der Waals surface area contributed by atoms with Crippen molar-refractivity contribution in [3.63, 3.8) is 0 Å².